The van der Waals surface area contributed by atoms with E-state index in [4.69, 9.17) is 21.6 Å². The fraction of sp³-hybridized carbons (Fsp3) is 0.0769. The van der Waals surface area contributed by atoms with Gasteiger partial charge >= 0.3 is 0 Å². The van der Waals surface area contributed by atoms with Crippen molar-refractivity contribution in [2.24, 2.45) is 0 Å². The molecule has 0 fully saturated rings. The van der Waals surface area contributed by atoms with Crippen LogP contribution in [0.25, 0.3) is 0 Å². The van der Waals surface area contributed by atoms with Crippen LogP contribution >= 0.6 is 11.6 Å². The minimum Gasteiger partial charge on any atom is -0.439 e. The molecule has 0 saturated heterocycles. The zero-order valence-corrected chi connectivity index (χ0v) is 9.99. The van der Waals surface area contributed by atoms with Crippen molar-refractivity contribution in [3.8, 4) is 17.7 Å². The van der Waals surface area contributed by atoms with Gasteiger partial charge in [-0.05, 0) is 18.2 Å². The van der Waals surface area contributed by atoms with Crippen LogP contribution in [0, 0.1) is 17.1 Å². The standard InChI is InChI=1S/C13H8ClFN2O/c14-7-9-2-1-5-17-13(9)18-11-4-3-10(8-16)12(15)6-11/h1-6H,7H2. The van der Waals surface area contributed by atoms with Gasteiger partial charge in [0.2, 0.25) is 5.88 Å². The summed E-state index contributed by atoms with van der Waals surface area (Å²) in [5.74, 6) is 0.230. The average molecular weight is 263 g/mol. The lowest BCUT2D eigenvalue weighted by molar-refractivity contribution is 0.453. The van der Waals surface area contributed by atoms with Crippen LogP contribution in [0.1, 0.15) is 11.1 Å². The first-order valence-corrected chi connectivity index (χ1v) is 5.65. The van der Waals surface area contributed by atoms with Crippen molar-refractivity contribution >= 4 is 11.6 Å². The van der Waals surface area contributed by atoms with Gasteiger partial charge in [-0.15, -0.1) is 11.6 Å². The summed E-state index contributed by atoms with van der Waals surface area (Å²) in [6.45, 7) is 0. The van der Waals surface area contributed by atoms with Gasteiger partial charge in [-0.3, -0.25) is 0 Å². The number of pyridine rings is 1. The van der Waals surface area contributed by atoms with Gasteiger partial charge in [0.25, 0.3) is 0 Å². The lowest BCUT2D eigenvalue weighted by Gasteiger charge is -2.08. The van der Waals surface area contributed by atoms with Crippen LogP contribution in [0.4, 0.5) is 4.39 Å². The maximum absolute atomic E-state index is 13.4. The van der Waals surface area contributed by atoms with Gasteiger partial charge in [0, 0.05) is 17.8 Å². The summed E-state index contributed by atoms with van der Waals surface area (Å²) in [6, 6.07) is 9.26. The maximum atomic E-state index is 13.4. The SMILES string of the molecule is N#Cc1ccc(Oc2ncccc2CCl)cc1F. The highest BCUT2D eigenvalue weighted by atomic mass is 35.5. The summed E-state index contributed by atoms with van der Waals surface area (Å²) in [7, 11) is 0. The molecule has 0 aliphatic carbocycles. The van der Waals surface area contributed by atoms with E-state index in [0.29, 0.717) is 11.4 Å². The van der Waals surface area contributed by atoms with E-state index in [2.05, 4.69) is 4.98 Å². The molecule has 0 spiro atoms. The van der Waals surface area contributed by atoms with Gasteiger partial charge in [0.15, 0.2) is 0 Å². The lowest BCUT2D eigenvalue weighted by Crippen LogP contribution is -1.93. The minimum atomic E-state index is -0.627. The summed E-state index contributed by atoms with van der Waals surface area (Å²) in [5, 5.41) is 8.62. The normalized spacial score (nSPS) is 9.83. The zero-order chi connectivity index (χ0) is 13.0. The van der Waals surface area contributed by atoms with E-state index < -0.39 is 5.82 Å². The van der Waals surface area contributed by atoms with Crippen LogP contribution < -0.4 is 4.74 Å². The highest BCUT2D eigenvalue weighted by Crippen LogP contribution is 2.25. The first kappa shape index (κ1) is 12.3. The van der Waals surface area contributed by atoms with E-state index >= 15 is 0 Å². The Balaban J connectivity index is 2.29. The number of benzene rings is 1. The largest absolute Gasteiger partial charge is 0.439 e. The Hall–Kier alpha value is -2.12. The van der Waals surface area contributed by atoms with Crippen LogP contribution in [-0.4, -0.2) is 4.98 Å². The Morgan fingerprint density at radius 3 is 2.89 bits per heavy atom. The molecule has 1 aromatic carbocycles. The summed E-state index contributed by atoms with van der Waals surface area (Å²) in [4.78, 5) is 4.02. The number of ether oxygens (including phenoxy) is 1. The molecule has 0 aliphatic rings. The van der Waals surface area contributed by atoms with Crippen LogP contribution in [0.5, 0.6) is 11.6 Å². The van der Waals surface area contributed by atoms with Crippen molar-refractivity contribution in [3.63, 3.8) is 0 Å². The molecule has 2 aromatic rings. The quantitative estimate of drug-likeness (QED) is 0.794. The smallest absolute Gasteiger partial charge is 0.223 e. The lowest BCUT2D eigenvalue weighted by atomic mass is 10.2. The van der Waals surface area contributed by atoms with Crippen LogP contribution in [0.2, 0.25) is 0 Å². The van der Waals surface area contributed by atoms with Gasteiger partial charge in [0.1, 0.15) is 17.6 Å². The van der Waals surface area contributed by atoms with Crippen molar-refractivity contribution < 1.29 is 9.13 Å². The first-order chi connectivity index (χ1) is 8.74. The van der Waals surface area contributed by atoms with Gasteiger partial charge in [-0.25, -0.2) is 9.37 Å². The van der Waals surface area contributed by atoms with Crippen molar-refractivity contribution in [1.82, 2.24) is 4.98 Å². The monoisotopic (exact) mass is 262 g/mol. The van der Waals surface area contributed by atoms with Crippen molar-refractivity contribution in [3.05, 3.63) is 53.5 Å². The Bertz CT molecular complexity index is 610. The molecule has 0 radical (unpaired) electrons. The number of halogens is 2. The van der Waals surface area contributed by atoms with Gasteiger partial charge in [-0.2, -0.15) is 5.26 Å². The fourth-order valence-corrected chi connectivity index (χ4v) is 1.58. The number of alkyl halides is 1. The summed E-state index contributed by atoms with van der Waals surface area (Å²) < 4.78 is 18.8. The molecule has 0 aliphatic heterocycles. The predicted molar refractivity (Wildman–Crippen MR) is 65.0 cm³/mol. The van der Waals surface area contributed by atoms with E-state index in [0.717, 1.165) is 6.07 Å². The number of aromatic nitrogens is 1. The fourth-order valence-electron chi connectivity index (χ4n) is 1.38. The third kappa shape index (κ3) is 2.58. The molecular weight excluding hydrogens is 255 g/mol. The molecule has 0 saturated carbocycles. The number of rotatable bonds is 3. The predicted octanol–water partition coefficient (Wildman–Crippen LogP) is 3.62. The highest BCUT2D eigenvalue weighted by molar-refractivity contribution is 6.17. The van der Waals surface area contributed by atoms with E-state index in [1.165, 1.54) is 12.1 Å². The van der Waals surface area contributed by atoms with Crippen molar-refractivity contribution in [1.29, 1.82) is 5.26 Å². The molecule has 1 aromatic heterocycles. The second-order valence-corrected chi connectivity index (χ2v) is 3.72. The molecule has 1 heterocycles. The third-order valence-electron chi connectivity index (χ3n) is 2.27. The molecule has 3 nitrogen and oxygen atoms in total. The second kappa shape index (κ2) is 5.48. The Morgan fingerprint density at radius 1 is 1.39 bits per heavy atom. The van der Waals surface area contributed by atoms with Gasteiger partial charge < -0.3 is 4.74 Å². The Labute approximate surface area is 108 Å². The van der Waals surface area contributed by atoms with Gasteiger partial charge in [0.05, 0.1) is 11.4 Å². The molecule has 90 valence electrons. The van der Waals surface area contributed by atoms with E-state index in [9.17, 15) is 4.39 Å². The molecule has 5 heteroatoms. The first-order valence-electron chi connectivity index (χ1n) is 5.12. The molecule has 18 heavy (non-hydrogen) atoms. The average Bonchev–Trinajstić information content (AvgIpc) is 2.39. The number of hydrogen-bond donors (Lipinski definition) is 0. The molecule has 0 unspecified atom stereocenters. The maximum Gasteiger partial charge on any atom is 0.223 e. The Kier molecular flexibility index (Phi) is 3.75. The van der Waals surface area contributed by atoms with E-state index in [-0.39, 0.29) is 17.2 Å². The minimum absolute atomic E-state index is 0.0269. The van der Waals surface area contributed by atoms with Crippen LogP contribution in [-0.2, 0) is 5.88 Å². The molecule has 2 rings (SSSR count). The molecule has 0 N–H and O–H groups in total. The zero-order valence-electron chi connectivity index (χ0n) is 9.23. The summed E-state index contributed by atoms with van der Waals surface area (Å²) in [5.41, 5.74) is 0.685. The summed E-state index contributed by atoms with van der Waals surface area (Å²) in [6.07, 6.45) is 1.56. The van der Waals surface area contributed by atoms with E-state index in [1.807, 2.05) is 0 Å². The highest BCUT2D eigenvalue weighted by Gasteiger charge is 2.07. The molecule has 0 bridgehead atoms. The molecule has 0 atom stereocenters. The number of nitriles is 1. The van der Waals surface area contributed by atoms with Crippen molar-refractivity contribution in [2.45, 2.75) is 5.88 Å². The van der Waals surface area contributed by atoms with E-state index in [1.54, 1.807) is 24.4 Å². The van der Waals surface area contributed by atoms with Crippen molar-refractivity contribution in [2.75, 3.05) is 0 Å². The van der Waals surface area contributed by atoms with Gasteiger partial charge in [-0.1, -0.05) is 6.07 Å². The topological polar surface area (TPSA) is 45.9 Å². The third-order valence-corrected chi connectivity index (χ3v) is 2.56. The Morgan fingerprint density at radius 2 is 2.22 bits per heavy atom. The van der Waals surface area contributed by atoms with Crippen LogP contribution in [0.3, 0.4) is 0 Å². The number of hydrogen-bond acceptors (Lipinski definition) is 3. The molecular formula is C13H8ClFN2O. The number of nitrogens with zero attached hydrogens (tertiary/aromatic N) is 2. The van der Waals surface area contributed by atoms with Crippen LogP contribution in [0.15, 0.2) is 36.5 Å². The molecule has 0 amide bonds. The second-order valence-electron chi connectivity index (χ2n) is 3.46. The summed E-state index contributed by atoms with van der Waals surface area (Å²) >= 11 is 5.74.